The number of quaternary nitrogens is 1. The van der Waals surface area contributed by atoms with E-state index in [1.807, 2.05) is 0 Å². The lowest BCUT2D eigenvalue weighted by Gasteiger charge is -2.38. The molecule has 0 saturated carbocycles. The zero-order valence-corrected chi connectivity index (χ0v) is 31.7. The van der Waals surface area contributed by atoms with E-state index in [4.69, 9.17) is 0 Å². The molecule has 0 unspecified atom stereocenters. The van der Waals surface area contributed by atoms with Gasteiger partial charge in [0, 0.05) is 0 Å². The van der Waals surface area contributed by atoms with Crippen LogP contribution in [-0.4, -0.2) is 30.7 Å². The van der Waals surface area contributed by atoms with Gasteiger partial charge in [0.1, 0.15) is 0 Å². The molecular weight excluding hydrogens is 542 g/mol. The lowest BCUT2D eigenvalue weighted by molar-refractivity contribution is -0.927. The van der Waals surface area contributed by atoms with Crippen molar-refractivity contribution in [3.05, 3.63) is 0 Å². The van der Waals surface area contributed by atoms with E-state index in [9.17, 15) is 0 Å². The normalized spacial score (nSPS) is 11.7. The van der Waals surface area contributed by atoms with Crippen LogP contribution in [0, 0.1) is 0 Å². The zero-order valence-electron chi connectivity index (χ0n) is 31.0. The Kier molecular flexibility index (Phi) is 40.6. The second-order valence-electron chi connectivity index (χ2n) is 14.4. The predicted octanol–water partition coefficient (Wildman–Crippen LogP) is 11.8. The molecule has 0 rings (SSSR count). The summed E-state index contributed by atoms with van der Waals surface area (Å²) in [6.45, 7) is 15.2. The van der Waals surface area contributed by atoms with Gasteiger partial charge >= 0.3 is 0 Å². The molecular formula is C41H86ClN. The third kappa shape index (κ3) is 33.4. The van der Waals surface area contributed by atoms with Crippen LogP contribution in [-0.2, 0) is 0 Å². The first-order chi connectivity index (χ1) is 20.7. The second kappa shape index (κ2) is 38.4. The van der Waals surface area contributed by atoms with Crippen LogP contribution in [0.1, 0.15) is 240 Å². The Bertz CT molecular complexity index is 442. The second-order valence-corrected chi connectivity index (χ2v) is 14.4. The van der Waals surface area contributed by atoms with Crippen LogP contribution >= 0.6 is 0 Å². The molecule has 0 aliphatic heterocycles. The van der Waals surface area contributed by atoms with Crippen LogP contribution in [0.25, 0.3) is 0 Å². The molecule has 0 aromatic rings. The van der Waals surface area contributed by atoms with Gasteiger partial charge in [-0.15, -0.1) is 0 Å². The summed E-state index contributed by atoms with van der Waals surface area (Å²) in [5.74, 6) is 0. The molecule has 0 N–H and O–H groups in total. The summed E-state index contributed by atoms with van der Waals surface area (Å²) in [6, 6.07) is 0. The van der Waals surface area contributed by atoms with Crippen molar-refractivity contribution in [1.82, 2.24) is 0 Å². The molecule has 1 nitrogen and oxygen atoms in total. The van der Waals surface area contributed by atoms with Crippen molar-refractivity contribution < 1.29 is 16.9 Å². The highest BCUT2D eigenvalue weighted by Gasteiger charge is 2.23. The average Bonchev–Trinajstić information content (AvgIpc) is 3.00. The minimum Gasteiger partial charge on any atom is -1.00 e. The summed E-state index contributed by atoms with van der Waals surface area (Å²) < 4.78 is 1.41. The van der Waals surface area contributed by atoms with Crippen molar-refractivity contribution >= 4 is 0 Å². The molecule has 0 fully saturated rings. The standard InChI is InChI=1S/C41H86N.ClH/c1-5-9-11-13-15-17-19-21-23-25-27-29-31-33-35-37-40-42(8-4,39-7-3)41-38-36-34-32-30-28-26-24-22-20-18-16-14-12-10-6-2;/h5-41H2,1-4H3;1H/q+1;/p-1. The fourth-order valence-electron chi connectivity index (χ4n) is 7.27. The van der Waals surface area contributed by atoms with Crippen LogP contribution in [0.4, 0.5) is 0 Å². The van der Waals surface area contributed by atoms with Crippen molar-refractivity contribution in [1.29, 1.82) is 0 Å². The number of rotatable bonds is 37. The zero-order chi connectivity index (χ0) is 30.7. The molecule has 0 radical (unpaired) electrons. The van der Waals surface area contributed by atoms with Gasteiger partial charge in [0.25, 0.3) is 0 Å². The van der Waals surface area contributed by atoms with E-state index < -0.39 is 0 Å². The highest BCUT2D eigenvalue weighted by atomic mass is 35.5. The summed E-state index contributed by atoms with van der Waals surface area (Å²) in [5.41, 5.74) is 0. The molecule has 0 bridgehead atoms. The van der Waals surface area contributed by atoms with Gasteiger partial charge < -0.3 is 16.9 Å². The first-order valence-electron chi connectivity index (χ1n) is 20.6. The van der Waals surface area contributed by atoms with Gasteiger partial charge in [-0.25, -0.2) is 0 Å². The maximum Gasteiger partial charge on any atom is 0.0786 e. The molecule has 43 heavy (non-hydrogen) atoms. The van der Waals surface area contributed by atoms with Gasteiger partial charge in [0.15, 0.2) is 0 Å². The predicted molar refractivity (Wildman–Crippen MR) is 195 cm³/mol. The summed E-state index contributed by atoms with van der Waals surface area (Å²) in [5, 5.41) is 0. The average molecular weight is 629 g/mol. The minimum atomic E-state index is 0. The Morgan fingerprint density at radius 3 is 0.628 bits per heavy atom. The molecule has 0 saturated heterocycles. The number of hydrogen-bond donors (Lipinski definition) is 0. The monoisotopic (exact) mass is 628 g/mol. The van der Waals surface area contributed by atoms with E-state index in [0.717, 1.165) is 0 Å². The molecule has 2 heteroatoms. The van der Waals surface area contributed by atoms with Gasteiger partial charge in [-0.05, 0) is 39.0 Å². The fourth-order valence-corrected chi connectivity index (χ4v) is 7.27. The van der Waals surface area contributed by atoms with Crippen molar-refractivity contribution in [3.63, 3.8) is 0 Å². The molecule has 0 aliphatic rings. The quantitative estimate of drug-likeness (QED) is 0.0474. The largest absolute Gasteiger partial charge is 1.00 e. The summed E-state index contributed by atoms with van der Waals surface area (Å²) >= 11 is 0. The van der Waals surface area contributed by atoms with Crippen LogP contribution in [0.5, 0.6) is 0 Å². The third-order valence-electron chi connectivity index (χ3n) is 10.3. The molecule has 0 amide bonds. The molecule has 0 spiro atoms. The number of unbranched alkanes of at least 4 members (excludes halogenated alkanes) is 30. The van der Waals surface area contributed by atoms with Gasteiger partial charge in [0.2, 0.25) is 0 Å². The van der Waals surface area contributed by atoms with E-state index in [-0.39, 0.29) is 12.4 Å². The van der Waals surface area contributed by atoms with Crippen molar-refractivity contribution in [2.45, 2.75) is 240 Å². The highest BCUT2D eigenvalue weighted by Crippen LogP contribution is 2.18. The SMILES string of the molecule is CCCCCCCCCCCCCCCCCC[N+](CC)(CCC)CCCCCCCCCCCCCCCCCC.[Cl-]. The lowest BCUT2D eigenvalue weighted by Crippen LogP contribution is -3.00. The summed E-state index contributed by atoms with van der Waals surface area (Å²) in [6.07, 6.45) is 48.4. The van der Waals surface area contributed by atoms with E-state index in [2.05, 4.69) is 27.7 Å². The van der Waals surface area contributed by atoms with Gasteiger partial charge in [-0.1, -0.05) is 201 Å². The highest BCUT2D eigenvalue weighted by molar-refractivity contribution is 4.53. The lowest BCUT2D eigenvalue weighted by atomic mass is 10.0. The molecule has 0 aliphatic carbocycles. The maximum absolute atomic E-state index is 2.47. The molecule has 0 aromatic carbocycles. The first-order valence-corrected chi connectivity index (χ1v) is 20.6. The Balaban J connectivity index is 0. The summed E-state index contributed by atoms with van der Waals surface area (Å²) in [4.78, 5) is 0. The number of hydrogen-bond acceptors (Lipinski definition) is 0. The van der Waals surface area contributed by atoms with Crippen LogP contribution in [0.15, 0.2) is 0 Å². The van der Waals surface area contributed by atoms with E-state index in [1.165, 1.54) is 243 Å². The van der Waals surface area contributed by atoms with Crippen molar-refractivity contribution in [2.75, 3.05) is 26.2 Å². The molecule has 0 heterocycles. The van der Waals surface area contributed by atoms with Crippen LogP contribution in [0.2, 0.25) is 0 Å². The molecule has 0 aromatic heterocycles. The van der Waals surface area contributed by atoms with Gasteiger partial charge in [-0.3, -0.25) is 0 Å². The van der Waals surface area contributed by atoms with Gasteiger partial charge in [0.05, 0.1) is 26.2 Å². The fraction of sp³-hybridized carbons (Fsp3) is 1.00. The Labute approximate surface area is 281 Å². The van der Waals surface area contributed by atoms with E-state index in [0.29, 0.717) is 0 Å². The topological polar surface area (TPSA) is 0 Å². The van der Waals surface area contributed by atoms with E-state index in [1.54, 1.807) is 0 Å². The summed E-state index contributed by atoms with van der Waals surface area (Å²) in [7, 11) is 0. The first kappa shape index (κ1) is 45.4. The third-order valence-corrected chi connectivity index (χ3v) is 10.3. The number of nitrogens with zero attached hydrogens (tertiary/aromatic N) is 1. The van der Waals surface area contributed by atoms with Crippen molar-refractivity contribution in [2.24, 2.45) is 0 Å². The molecule has 0 atom stereocenters. The Morgan fingerprint density at radius 1 is 0.233 bits per heavy atom. The van der Waals surface area contributed by atoms with Gasteiger partial charge in [-0.2, -0.15) is 0 Å². The smallest absolute Gasteiger partial charge is 0.0786 e. The minimum absolute atomic E-state index is 0. The maximum atomic E-state index is 2.47. The Hall–Kier alpha value is 0.250. The van der Waals surface area contributed by atoms with E-state index >= 15 is 0 Å². The Morgan fingerprint density at radius 2 is 0.442 bits per heavy atom. The van der Waals surface area contributed by atoms with Crippen LogP contribution in [0.3, 0.4) is 0 Å². The molecule has 262 valence electrons. The van der Waals surface area contributed by atoms with Crippen LogP contribution < -0.4 is 12.4 Å². The van der Waals surface area contributed by atoms with Crippen molar-refractivity contribution in [3.8, 4) is 0 Å². The number of halogens is 1.